The van der Waals surface area contributed by atoms with Crippen molar-refractivity contribution < 1.29 is 14.3 Å². The number of halogens is 1. The van der Waals surface area contributed by atoms with Crippen LogP contribution in [0, 0.1) is 5.92 Å². The second-order valence-corrected chi connectivity index (χ2v) is 8.97. The third kappa shape index (κ3) is 4.75. The number of piperidine rings is 1. The number of nitrogens with zero attached hydrogens (tertiary/aromatic N) is 2. The van der Waals surface area contributed by atoms with Gasteiger partial charge in [-0.2, -0.15) is 0 Å². The van der Waals surface area contributed by atoms with Crippen molar-refractivity contribution >= 4 is 29.7 Å². The van der Waals surface area contributed by atoms with Crippen LogP contribution in [0.25, 0.3) is 0 Å². The molecule has 148 valence electrons. The highest BCUT2D eigenvalue weighted by Crippen LogP contribution is 2.34. The number of hydrogen-bond acceptors (Lipinski definition) is 4. The average molecular weight is 393 g/mol. The van der Waals surface area contributed by atoms with Crippen molar-refractivity contribution in [3.63, 3.8) is 0 Å². The van der Waals surface area contributed by atoms with Crippen LogP contribution in [0.4, 0.5) is 10.5 Å². The van der Waals surface area contributed by atoms with Crippen LogP contribution in [0.15, 0.2) is 18.2 Å². The van der Waals surface area contributed by atoms with Gasteiger partial charge >= 0.3 is 6.09 Å². The molecular formula is C21H29ClN2O3. The molecule has 1 aromatic carbocycles. The lowest BCUT2D eigenvalue weighted by atomic mass is 9.87. The Bertz CT molecular complexity index is 693. The molecule has 2 aliphatic rings. The first-order valence-corrected chi connectivity index (χ1v) is 10.2. The molecule has 1 amide bonds. The van der Waals surface area contributed by atoms with E-state index < -0.39 is 5.60 Å². The standard InChI is InChI=1S/C21H29ClN2O3/c1-21(2,3)27-20(26)24-10-4-5-18(24)15-8-11-23(12-9-15)19-13-17(22)7-6-16(19)14-25/h6-7,13-15,18H,4-5,8-12H2,1-3H3. The summed E-state index contributed by atoms with van der Waals surface area (Å²) in [4.78, 5) is 28.1. The van der Waals surface area contributed by atoms with Crippen LogP contribution in [-0.2, 0) is 4.74 Å². The van der Waals surface area contributed by atoms with Gasteiger partial charge in [-0.1, -0.05) is 11.6 Å². The lowest BCUT2D eigenvalue weighted by Gasteiger charge is -2.39. The van der Waals surface area contributed by atoms with Gasteiger partial charge in [0.05, 0.1) is 0 Å². The number of carbonyl (C=O) groups excluding carboxylic acids is 2. The number of ether oxygens (including phenoxy) is 1. The van der Waals surface area contributed by atoms with E-state index in [1.165, 1.54) is 0 Å². The molecule has 27 heavy (non-hydrogen) atoms. The molecule has 2 saturated heterocycles. The predicted octanol–water partition coefficient (Wildman–Crippen LogP) is 4.77. The molecule has 0 aromatic heterocycles. The van der Waals surface area contributed by atoms with Crippen LogP contribution >= 0.6 is 11.6 Å². The summed E-state index contributed by atoms with van der Waals surface area (Å²) in [5.74, 6) is 0.468. The maximum Gasteiger partial charge on any atom is 0.410 e. The Hall–Kier alpha value is -1.75. The lowest BCUT2D eigenvalue weighted by Crippen LogP contribution is -2.46. The van der Waals surface area contributed by atoms with Crippen molar-refractivity contribution in [2.45, 2.75) is 58.1 Å². The minimum Gasteiger partial charge on any atom is -0.444 e. The van der Waals surface area contributed by atoms with Gasteiger partial charge in [-0.3, -0.25) is 4.79 Å². The van der Waals surface area contributed by atoms with E-state index in [4.69, 9.17) is 16.3 Å². The summed E-state index contributed by atoms with van der Waals surface area (Å²) in [6, 6.07) is 5.65. The minimum absolute atomic E-state index is 0.189. The van der Waals surface area contributed by atoms with Crippen molar-refractivity contribution in [3.8, 4) is 0 Å². The zero-order valence-corrected chi connectivity index (χ0v) is 17.2. The maximum atomic E-state index is 12.6. The van der Waals surface area contributed by atoms with Crippen molar-refractivity contribution in [2.24, 2.45) is 5.92 Å². The van der Waals surface area contributed by atoms with E-state index in [-0.39, 0.29) is 12.1 Å². The van der Waals surface area contributed by atoms with Crippen LogP contribution in [0.5, 0.6) is 0 Å². The number of benzene rings is 1. The number of anilines is 1. The van der Waals surface area contributed by atoms with Crippen LogP contribution in [0.1, 0.15) is 56.8 Å². The van der Waals surface area contributed by atoms with Crippen LogP contribution in [0.3, 0.4) is 0 Å². The molecule has 3 rings (SSSR count). The monoisotopic (exact) mass is 392 g/mol. The maximum absolute atomic E-state index is 12.6. The number of carbonyl (C=O) groups is 2. The van der Waals surface area contributed by atoms with E-state index in [0.29, 0.717) is 16.5 Å². The highest BCUT2D eigenvalue weighted by molar-refractivity contribution is 6.31. The highest BCUT2D eigenvalue weighted by Gasteiger charge is 2.38. The summed E-state index contributed by atoms with van der Waals surface area (Å²) in [5.41, 5.74) is 1.12. The topological polar surface area (TPSA) is 49.9 Å². The second kappa shape index (κ2) is 8.09. The largest absolute Gasteiger partial charge is 0.444 e. The summed E-state index contributed by atoms with van der Waals surface area (Å²) >= 11 is 6.13. The molecule has 0 bridgehead atoms. The van der Waals surface area contributed by atoms with Gasteiger partial charge in [-0.25, -0.2) is 4.79 Å². The Morgan fingerprint density at radius 3 is 2.52 bits per heavy atom. The number of rotatable bonds is 3. The zero-order chi connectivity index (χ0) is 19.6. The van der Waals surface area contributed by atoms with E-state index in [1.54, 1.807) is 12.1 Å². The SMILES string of the molecule is CC(C)(C)OC(=O)N1CCCC1C1CCN(c2cc(Cl)ccc2C=O)CC1. The molecule has 2 fully saturated rings. The summed E-state index contributed by atoms with van der Waals surface area (Å²) in [7, 11) is 0. The third-order valence-electron chi connectivity index (χ3n) is 5.47. The summed E-state index contributed by atoms with van der Waals surface area (Å²) in [6.07, 6.45) is 4.77. The fourth-order valence-corrected chi connectivity index (χ4v) is 4.41. The first-order valence-electron chi connectivity index (χ1n) is 9.78. The Labute approximate surface area is 166 Å². The van der Waals surface area contributed by atoms with Gasteiger partial charge in [0.25, 0.3) is 0 Å². The fraction of sp³-hybridized carbons (Fsp3) is 0.619. The van der Waals surface area contributed by atoms with E-state index >= 15 is 0 Å². The molecule has 2 heterocycles. The third-order valence-corrected chi connectivity index (χ3v) is 5.71. The van der Waals surface area contributed by atoms with E-state index in [2.05, 4.69) is 4.90 Å². The summed E-state index contributed by atoms with van der Waals surface area (Å²) < 4.78 is 5.60. The van der Waals surface area contributed by atoms with E-state index in [9.17, 15) is 9.59 Å². The van der Waals surface area contributed by atoms with Crippen molar-refractivity contribution in [1.82, 2.24) is 4.90 Å². The van der Waals surface area contributed by atoms with Gasteiger partial charge in [0.1, 0.15) is 5.60 Å². The van der Waals surface area contributed by atoms with Gasteiger partial charge in [-0.15, -0.1) is 0 Å². The van der Waals surface area contributed by atoms with E-state index in [1.807, 2.05) is 31.7 Å². The quantitative estimate of drug-likeness (QED) is 0.695. The Kier molecular flexibility index (Phi) is 5.99. The Balaban J connectivity index is 1.64. The molecule has 2 aliphatic heterocycles. The minimum atomic E-state index is -0.467. The van der Waals surface area contributed by atoms with Crippen LogP contribution < -0.4 is 4.90 Å². The number of likely N-dealkylation sites (tertiary alicyclic amines) is 1. The fourth-order valence-electron chi connectivity index (χ4n) is 4.25. The molecule has 6 heteroatoms. The second-order valence-electron chi connectivity index (χ2n) is 8.53. The van der Waals surface area contributed by atoms with Crippen LogP contribution in [0.2, 0.25) is 5.02 Å². The first-order chi connectivity index (χ1) is 12.8. The molecule has 1 aromatic rings. The Morgan fingerprint density at radius 1 is 1.19 bits per heavy atom. The summed E-state index contributed by atoms with van der Waals surface area (Å²) in [5, 5.41) is 0.643. The average Bonchev–Trinajstić information content (AvgIpc) is 3.10. The molecule has 0 radical (unpaired) electrons. The number of aldehydes is 1. The van der Waals surface area contributed by atoms with Crippen LogP contribution in [-0.4, -0.2) is 48.6 Å². The number of hydrogen-bond donors (Lipinski definition) is 0. The van der Waals surface area contributed by atoms with Gasteiger partial charge in [0.2, 0.25) is 0 Å². The van der Waals surface area contributed by atoms with Gasteiger partial charge in [-0.05, 0) is 70.6 Å². The van der Waals surface area contributed by atoms with Gasteiger partial charge in [0.15, 0.2) is 6.29 Å². The Morgan fingerprint density at radius 2 is 1.89 bits per heavy atom. The highest BCUT2D eigenvalue weighted by atomic mass is 35.5. The predicted molar refractivity (Wildman–Crippen MR) is 108 cm³/mol. The van der Waals surface area contributed by atoms with Crippen molar-refractivity contribution in [1.29, 1.82) is 0 Å². The van der Waals surface area contributed by atoms with Gasteiger partial charge in [0, 0.05) is 41.9 Å². The van der Waals surface area contributed by atoms with E-state index in [0.717, 1.165) is 57.3 Å². The normalized spacial score (nSPS) is 21.4. The molecule has 0 N–H and O–H groups in total. The molecule has 0 aliphatic carbocycles. The smallest absolute Gasteiger partial charge is 0.410 e. The molecule has 0 saturated carbocycles. The summed E-state index contributed by atoms with van der Waals surface area (Å²) in [6.45, 7) is 8.23. The first kappa shape index (κ1) is 20.0. The number of amides is 1. The van der Waals surface area contributed by atoms with Gasteiger partial charge < -0.3 is 14.5 Å². The van der Waals surface area contributed by atoms with Crippen molar-refractivity contribution in [2.75, 3.05) is 24.5 Å². The zero-order valence-electron chi connectivity index (χ0n) is 16.4. The molecule has 5 nitrogen and oxygen atoms in total. The molecule has 1 unspecified atom stereocenters. The van der Waals surface area contributed by atoms with Crippen molar-refractivity contribution in [3.05, 3.63) is 28.8 Å². The molecule has 1 atom stereocenters. The molecular weight excluding hydrogens is 364 g/mol. The molecule has 0 spiro atoms. The lowest BCUT2D eigenvalue weighted by molar-refractivity contribution is 0.0164.